The fraction of sp³-hybridized carbons (Fsp3) is 0.294. The average molecular weight is 352 g/mol. The summed E-state index contributed by atoms with van der Waals surface area (Å²) >= 11 is 3.25. The van der Waals surface area contributed by atoms with Gasteiger partial charge in [-0.15, -0.1) is 0 Å². The summed E-state index contributed by atoms with van der Waals surface area (Å²) in [5.74, 6) is -0.249. The highest BCUT2D eigenvalue weighted by Gasteiger charge is 2.16. The van der Waals surface area contributed by atoms with Gasteiger partial charge in [-0.3, -0.25) is 0 Å². The van der Waals surface area contributed by atoms with E-state index in [4.69, 9.17) is 0 Å². The molecule has 0 spiro atoms. The largest absolute Gasteiger partial charge is 0.395 e. The van der Waals surface area contributed by atoms with Crippen LogP contribution < -0.4 is 5.32 Å². The Kier molecular flexibility index (Phi) is 5.91. The second kappa shape index (κ2) is 7.69. The molecule has 2 aromatic rings. The second-order valence-electron chi connectivity index (χ2n) is 5.12. The standard InChI is InChI=1S/C17H19BrFNO/c1-12(16-8-7-14(18)10-17(16)19)20-15(11-21)9-13-5-3-2-4-6-13/h2-8,10,12,15,20-21H,9,11H2,1H3/t12?,15-/m0/s1. The van der Waals surface area contributed by atoms with E-state index >= 15 is 0 Å². The van der Waals surface area contributed by atoms with Crippen LogP contribution in [-0.2, 0) is 6.42 Å². The van der Waals surface area contributed by atoms with E-state index in [-0.39, 0.29) is 24.5 Å². The minimum Gasteiger partial charge on any atom is -0.395 e. The number of benzene rings is 2. The average Bonchev–Trinajstić information content (AvgIpc) is 2.47. The Morgan fingerprint density at radius 1 is 1.19 bits per heavy atom. The van der Waals surface area contributed by atoms with E-state index < -0.39 is 0 Å². The van der Waals surface area contributed by atoms with Gasteiger partial charge in [0.25, 0.3) is 0 Å². The Bertz CT molecular complexity index is 576. The van der Waals surface area contributed by atoms with Crippen LogP contribution in [0.1, 0.15) is 24.1 Å². The van der Waals surface area contributed by atoms with Crippen LogP contribution in [0, 0.1) is 5.82 Å². The Labute approximate surface area is 133 Å². The van der Waals surface area contributed by atoms with Gasteiger partial charge in [-0.05, 0) is 31.0 Å². The molecule has 0 radical (unpaired) electrons. The van der Waals surface area contributed by atoms with E-state index in [9.17, 15) is 9.50 Å². The van der Waals surface area contributed by atoms with Crippen LogP contribution in [0.4, 0.5) is 4.39 Å². The monoisotopic (exact) mass is 351 g/mol. The minimum atomic E-state index is -0.249. The van der Waals surface area contributed by atoms with Crippen molar-refractivity contribution in [1.82, 2.24) is 5.32 Å². The molecule has 21 heavy (non-hydrogen) atoms. The lowest BCUT2D eigenvalue weighted by Crippen LogP contribution is -2.36. The molecule has 2 rings (SSSR count). The molecular weight excluding hydrogens is 333 g/mol. The first-order valence-electron chi connectivity index (χ1n) is 6.96. The number of halogens is 2. The number of nitrogens with one attached hydrogen (secondary N) is 1. The van der Waals surface area contributed by atoms with Crippen molar-refractivity contribution in [2.45, 2.75) is 25.4 Å². The molecule has 2 nitrogen and oxygen atoms in total. The van der Waals surface area contributed by atoms with E-state index in [1.807, 2.05) is 43.3 Å². The van der Waals surface area contributed by atoms with Gasteiger partial charge in [0.05, 0.1) is 6.61 Å². The topological polar surface area (TPSA) is 32.3 Å². The van der Waals surface area contributed by atoms with Gasteiger partial charge in [0.1, 0.15) is 5.82 Å². The van der Waals surface area contributed by atoms with Crippen LogP contribution in [0.3, 0.4) is 0 Å². The molecule has 2 aromatic carbocycles. The highest BCUT2D eigenvalue weighted by molar-refractivity contribution is 9.10. The molecule has 4 heteroatoms. The lowest BCUT2D eigenvalue weighted by Gasteiger charge is -2.22. The maximum absolute atomic E-state index is 13.9. The van der Waals surface area contributed by atoms with Crippen molar-refractivity contribution in [3.05, 3.63) is 69.9 Å². The van der Waals surface area contributed by atoms with Crippen LogP contribution in [-0.4, -0.2) is 17.8 Å². The molecule has 2 N–H and O–H groups in total. The van der Waals surface area contributed by atoms with Crippen molar-refractivity contribution < 1.29 is 9.50 Å². The predicted octanol–water partition coefficient (Wildman–Crippen LogP) is 3.84. The second-order valence-corrected chi connectivity index (χ2v) is 6.04. The molecule has 1 unspecified atom stereocenters. The fourth-order valence-corrected chi connectivity index (χ4v) is 2.70. The molecule has 0 fully saturated rings. The number of hydrogen-bond donors (Lipinski definition) is 2. The van der Waals surface area contributed by atoms with Crippen molar-refractivity contribution in [2.75, 3.05) is 6.61 Å². The van der Waals surface area contributed by atoms with Gasteiger partial charge >= 0.3 is 0 Å². The first kappa shape index (κ1) is 16.1. The van der Waals surface area contributed by atoms with Crippen LogP contribution >= 0.6 is 15.9 Å². The van der Waals surface area contributed by atoms with Gasteiger partial charge in [0.2, 0.25) is 0 Å². The van der Waals surface area contributed by atoms with Crippen molar-refractivity contribution in [3.63, 3.8) is 0 Å². The smallest absolute Gasteiger partial charge is 0.129 e. The summed E-state index contributed by atoms with van der Waals surface area (Å²) in [6.07, 6.45) is 0.708. The molecule has 2 atom stereocenters. The quantitative estimate of drug-likeness (QED) is 0.828. The van der Waals surface area contributed by atoms with Gasteiger partial charge in [-0.25, -0.2) is 4.39 Å². The first-order chi connectivity index (χ1) is 10.1. The summed E-state index contributed by atoms with van der Waals surface area (Å²) in [6.45, 7) is 1.91. The van der Waals surface area contributed by atoms with E-state index in [1.54, 1.807) is 6.07 Å². The SMILES string of the molecule is CC(N[C@H](CO)Cc1ccccc1)c1ccc(Br)cc1F. The molecular formula is C17H19BrFNO. The third kappa shape index (κ3) is 4.63. The van der Waals surface area contributed by atoms with Crippen LogP contribution in [0.5, 0.6) is 0 Å². The summed E-state index contributed by atoms with van der Waals surface area (Å²) in [7, 11) is 0. The molecule has 112 valence electrons. The summed E-state index contributed by atoms with van der Waals surface area (Å²) in [5, 5.41) is 12.8. The number of rotatable bonds is 6. The highest BCUT2D eigenvalue weighted by atomic mass is 79.9. The van der Waals surface area contributed by atoms with E-state index in [2.05, 4.69) is 21.2 Å². The molecule has 0 aliphatic rings. The normalized spacial score (nSPS) is 13.9. The Morgan fingerprint density at radius 3 is 2.52 bits per heavy atom. The van der Waals surface area contributed by atoms with Gasteiger partial charge in [-0.2, -0.15) is 0 Å². The molecule has 0 aliphatic heterocycles. The Morgan fingerprint density at radius 2 is 1.90 bits per heavy atom. The Balaban J connectivity index is 2.04. The lowest BCUT2D eigenvalue weighted by molar-refractivity contribution is 0.232. The molecule has 0 bridgehead atoms. The summed E-state index contributed by atoms with van der Waals surface area (Å²) < 4.78 is 14.7. The third-order valence-corrected chi connectivity index (χ3v) is 3.95. The lowest BCUT2D eigenvalue weighted by atomic mass is 10.0. The fourth-order valence-electron chi connectivity index (χ4n) is 2.37. The van der Waals surface area contributed by atoms with Crippen LogP contribution in [0.25, 0.3) is 0 Å². The maximum atomic E-state index is 13.9. The number of aliphatic hydroxyl groups excluding tert-OH is 1. The molecule has 0 aliphatic carbocycles. The van der Waals surface area contributed by atoms with Crippen molar-refractivity contribution >= 4 is 15.9 Å². The zero-order chi connectivity index (χ0) is 15.2. The van der Waals surface area contributed by atoms with Crippen molar-refractivity contribution in [1.29, 1.82) is 0 Å². The van der Waals surface area contributed by atoms with Gasteiger partial charge in [0, 0.05) is 22.1 Å². The number of aliphatic hydroxyl groups is 1. The molecule has 0 saturated carbocycles. The van der Waals surface area contributed by atoms with Crippen LogP contribution in [0.15, 0.2) is 53.0 Å². The van der Waals surface area contributed by atoms with E-state index in [0.29, 0.717) is 12.0 Å². The van der Waals surface area contributed by atoms with Crippen molar-refractivity contribution in [2.24, 2.45) is 0 Å². The van der Waals surface area contributed by atoms with Gasteiger partial charge < -0.3 is 10.4 Å². The summed E-state index contributed by atoms with van der Waals surface area (Å²) in [5.41, 5.74) is 1.75. The third-order valence-electron chi connectivity index (χ3n) is 3.46. The van der Waals surface area contributed by atoms with Gasteiger partial charge in [0.15, 0.2) is 0 Å². The maximum Gasteiger partial charge on any atom is 0.129 e. The predicted molar refractivity (Wildman–Crippen MR) is 86.7 cm³/mol. The summed E-state index contributed by atoms with van der Waals surface area (Å²) in [4.78, 5) is 0. The zero-order valence-corrected chi connectivity index (χ0v) is 13.5. The molecule has 0 heterocycles. The zero-order valence-electron chi connectivity index (χ0n) is 11.9. The van der Waals surface area contributed by atoms with Crippen LogP contribution in [0.2, 0.25) is 0 Å². The summed E-state index contributed by atoms with van der Waals surface area (Å²) in [6, 6.07) is 14.7. The molecule has 0 aromatic heterocycles. The number of hydrogen-bond acceptors (Lipinski definition) is 2. The van der Waals surface area contributed by atoms with Crippen molar-refractivity contribution in [3.8, 4) is 0 Å². The van der Waals surface area contributed by atoms with E-state index in [0.717, 1.165) is 10.0 Å². The molecule has 0 amide bonds. The highest BCUT2D eigenvalue weighted by Crippen LogP contribution is 2.21. The minimum absolute atomic E-state index is 0.0113. The molecule has 0 saturated heterocycles. The first-order valence-corrected chi connectivity index (χ1v) is 7.75. The van der Waals surface area contributed by atoms with Gasteiger partial charge in [-0.1, -0.05) is 52.3 Å². The van der Waals surface area contributed by atoms with E-state index in [1.165, 1.54) is 6.07 Å². The Hall–Kier alpha value is -1.23.